The summed E-state index contributed by atoms with van der Waals surface area (Å²) in [5.41, 5.74) is 0. The van der Waals surface area contributed by atoms with Crippen LogP contribution in [-0.2, 0) is 4.79 Å². The van der Waals surface area contributed by atoms with Gasteiger partial charge in [0.25, 0.3) is 0 Å². The predicted molar refractivity (Wildman–Crippen MR) is 64.9 cm³/mol. The summed E-state index contributed by atoms with van der Waals surface area (Å²) in [7, 11) is 3.81. The Morgan fingerprint density at radius 1 is 1.33 bits per heavy atom. The van der Waals surface area contributed by atoms with Crippen molar-refractivity contribution >= 4 is 5.91 Å². The molecule has 0 aromatic heterocycles. The van der Waals surface area contributed by atoms with Crippen molar-refractivity contribution in [1.82, 2.24) is 10.2 Å². The minimum Gasteiger partial charge on any atom is -0.345 e. The molecule has 1 atom stereocenters. The SMILES string of the molecule is CCCCCN(C)C(=O)C(CC)CNC. The molecular formula is C12H26N2O. The van der Waals surface area contributed by atoms with Crippen LogP contribution in [0.15, 0.2) is 0 Å². The summed E-state index contributed by atoms with van der Waals surface area (Å²) in [6.45, 7) is 5.93. The molecule has 0 saturated heterocycles. The van der Waals surface area contributed by atoms with Gasteiger partial charge in [-0.15, -0.1) is 0 Å². The Hall–Kier alpha value is -0.570. The van der Waals surface area contributed by atoms with Gasteiger partial charge in [0.05, 0.1) is 5.92 Å². The number of amides is 1. The summed E-state index contributed by atoms with van der Waals surface area (Å²) in [4.78, 5) is 13.8. The number of hydrogen-bond donors (Lipinski definition) is 1. The molecule has 0 aliphatic heterocycles. The summed E-state index contributed by atoms with van der Waals surface area (Å²) in [5, 5.41) is 3.07. The third-order valence-corrected chi connectivity index (χ3v) is 2.77. The van der Waals surface area contributed by atoms with Gasteiger partial charge in [0.2, 0.25) is 5.91 Å². The third-order valence-electron chi connectivity index (χ3n) is 2.77. The van der Waals surface area contributed by atoms with E-state index in [1.54, 1.807) is 0 Å². The molecule has 90 valence electrons. The van der Waals surface area contributed by atoms with Gasteiger partial charge in [-0.1, -0.05) is 26.7 Å². The number of carbonyl (C=O) groups is 1. The number of unbranched alkanes of at least 4 members (excludes halogenated alkanes) is 2. The normalized spacial score (nSPS) is 12.5. The maximum Gasteiger partial charge on any atom is 0.226 e. The highest BCUT2D eigenvalue weighted by Gasteiger charge is 2.18. The molecule has 0 aliphatic carbocycles. The van der Waals surface area contributed by atoms with Gasteiger partial charge in [0, 0.05) is 20.1 Å². The molecule has 1 amide bonds. The first-order valence-corrected chi connectivity index (χ1v) is 6.06. The van der Waals surface area contributed by atoms with Crippen molar-refractivity contribution in [2.75, 3.05) is 27.2 Å². The minimum atomic E-state index is 0.140. The molecule has 0 rings (SSSR count). The molecule has 1 N–H and O–H groups in total. The van der Waals surface area contributed by atoms with Crippen LogP contribution < -0.4 is 5.32 Å². The van der Waals surface area contributed by atoms with E-state index in [0.29, 0.717) is 0 Å². The van der Waals surface area contributed by atoms with Crippen molar-refractivity contribution in [3.05, 3.63) is 0 Å². The first kappa shape index (κ1) is 14.4. The van der Waals surface area contributed by atoms with E-state index < -0.39 is 0 Å². The Balaban J connectivity index is 3.93. The van der Waals surface area contributed by atoms with Gasteiger partial charge in [-0.25, -0.2) is 0 Å². The van der Waals surface area contributed by atoms with Crippen molar-refractivity contribution in [1.29, 1.82) is 0 Å². The lowest BCUT2D eigenvalue weighted by Crippen LogP contribution is -2.37. The van der Waals surface area contributed by atoms with Gasteiger partial charge in [-0.3, -0.25) is 4.79 Å². The standard InChI is InChI=1S/C12H26N2O/c1-5-7-8-9-14(4)12(15)11(6-2)10-13-3/h11,13H,5-10H2,1-4H3. The van der Waals surface area contributed by atoms with E-state index in [1.807, 2.05) is 19.0 Å². The van der Waals surface area contributed by atoms with Crippen molar-refractivity contribution in [3.8, 4) is 0 Å². The Morgan fingerprint density at radius 3 is 2.47 bits per heavy atom. The van der Waals surface area contributed by atoms with Gasteiger partial charge in [0.1, 0.15) is 0 Å². The second kappa shape index (κ2) is 8.72. The number of hydrogen-bond acceptors (Lipinski definition) is 2. The van der Waals surface area contributed by atoms with E-state index >= 15 is 0 Å². The van der Waals surface area contributed by atoms with Crippen LogP contribution in [0.4, 0.5) is 0 Å². The van der Waals surface area contributed by atoms with Crippen LogP contribution in [0.5, 0.6) is 0 Å². The average Bonchev–Trinajstić information content (AvgIpc) is 2.25. The zero-order valence-electron chi connectivity index (χ0n) is 10.7. The van der Waals surface area contributed by atoms with Crippen LogP contribution in [0.2, 0.25) is 0 Å². The molecule has 0 aliphatic rings. The summed E-state index contributed by atoms with van der Waals surface area (Å²) in [5.74, 6) is 0.421. The van der Waals surface area contributed by atoms with Gasteiger partial charge in [-0.05, 0) is 19.9 Å². The highest BCUT2D eigenvalue weighted by molar-refractivity contribution is 5.78. The molecule has 0 saturated carbocycles. The Morgan fingerprint density at radius 2 is 2.00 bits per heavy atom. The van der Waals surface area contributed by atoms with Gasteiger partial charge in [0.15, 0.2) is 0 Å². The summed E-state index contributed by atoms with van der Waals surface area (Å²) in [6.07, 6.45) is 4.45. The summed E-state index contributed by atoms with van der Waals surface area (Å²) in [6, 6.07) is 0. The molecule has 0 heterocycles. The molecule has 3 nitrogen and oxygen atoms in total. The number of carbonyl (C=O) groups excluding carboxylic acids is 1. The molecule has 1 unspecified atom stereocenters. The van der Waals surface area contributed by atoms with E-state index in [4.69, 9.17) is 0 Å². The molecule has 0 aromatic rings. The van der Waals surface area contributed by atoms with E-state index in [-0.39, 0.29) is 11.8 Å². The van der Waals surface area contributed by atoms with Gasteiger partial charge >= 0.3 is 0 Å². The lowest BCUT2D eigenvalue weighted by molar-refractivity contribution is -0.134. The number of rotatable bonds is 8. The molecule has 15 heavy (non-hydrogen) atoms. The zero-order valence-corrected chi connectivity index (χ0v) is 10.7. The van der Waals surface area contributed by atoms with Crippen LogP contribution in [0, 0.1) is 5.92 Å². The molecule has 3 heteroatoms. The van der Waals surface area contributed by atoms with E-state index in [0.717, 1.165) is 25.9 Å². The van der Waals surface area contributed by atoms with Crippen LogP contribution in [0.1, 0.15) is 39.5 Å². The largest absolute Gasteiger partial charge is 0.345 e. The second-order valence-corrected chi connectivity index (χ2v) is 4.13. The molecular weight excluding hydrogens is 188 g/mol. The summed E-state index contributed by atoms with van der Waals surface area (Å²) >= 11 is 0. The molecule has 0 fully saturated rings. The maximum absolute atomic E-state index is 11.9. The van der Waals surface area contributed by atoms with Crippen molar-refractivity contribution in [3.63, 3.8) is 0 Å². The second-order valence-electron chi connectivity index (χ2n) is 4.13. The minimum absolute atomic E-state index is 0.140. The first-order chi connectivity index (χ1) is 7.17. The lowest BCUT2D eigenvalue weighted by atomic mass is 10.1. The highest BCUT2D eigenvalue weighted by Crippen LogP contribution is 2.07. The lowest BCUT2D eigenvalue weighted by Gasteiger charge is -2.22. The fourth-order valence-corrected chi connectivity index (χ4v) is 1.67. The quantitative estimate of drug-likeness (QED) is 0.626. The van der Waals surface area contributed by atoms with Crippen LogP contribution >= 0.6 is 0 Å². The van der Waals surface area contributed by atoms with Crippen LogP contribution in [0.25, 0.3) is 0 Å². The Bertz CT molecular complexity index is 171. The third kappa shape index (κ3) is 5.78. The smallest absolute Gasteiger partial charge is 0.226 e. The van der Waals surface area contributed by atoms with Crippen LogP contribution in [0.3, 0.4) is 0 Å². The zero-order chi connectivity index (χ0) is 11.7. The molecule has 0 aromatic carbocycles. The number of nitrogens with zero attached hydrogens (tertiary/aromatic N) is 1. The molecule has 0 spiro atoms. The Labute approximate surface area is 94.2 Å². The number of nitrogens with one attached hydrogen (secondary N) is 1. The van der Waals surface area contributed by atoms with Crippen molar-refractivity contribution < 1.29 is 4.79 Å². The van der Waals surface area contributed by atoms with E-state index in [9.17, 15) is 4.79 Å². The van der Waals surface area contributed by atoms with E-state index in [2.05, 4.69) is 19.2 Å². The molecule has 0 bridgehead atoms. The monoisotopic (exact) mass is 214 g/mol. The average molecular weight is 214 g/mol. The highest BCUT2D eigenvalue weighted by atomic mass is 16.2. The first-order valence-electron chi connectivity index (χ1n) is 6.06. The topological polar surface area (TPSA) is 32.3 Å². The van der Waals surface area contributed by atoms with Crippen molar-refractivity contribution in [2.24, 2.45) is 5.92 Å². The fourth-order valence-electron chi connectivity index (χ4n) is 1.67. The Kier molecular flexibility index (Phi) is 8.38. The maximum atomic E-state index is 11.9. The van der Waals surface area contributed by atoms with Crippen molar-refractivity contribution in [2.45, 2.75) is 39.5 Å². The van der Waals surface area contributed by atoms with Crippen LogP contribution in [-0.4, -0.2) is 38.0 Å². The van der Waals surface area contributed by atoms with E-state index in [1.165, 1.54) is 12.8 Å². The fraction of sp³-hybridized carbons (Fsp3) is 0.917. The summed E-state index contributed by atoms with van der Waals surface area (Å²) < 4.78 is 0. The van der Waals surface area contributed by atoms with Gasteiger partial charge in [-0.2, -0.15) is 0 Å². The van der Waals surface area contributed by atoms with Gasteiger partial charge < -0.3 is 10.2 Å². The molecule has 0 radical (unpaired) electrons. The predicted octanol–water partition coefficient (Wildman–Crippen LogP) is 1.88.